The number of nitrogens with one attached hydrogen (secondary N) is 1. The van der Waals surface area contributed by atoms with Crippen molar-refractivity contribution < 1.29 is 0 Å². The third kappa shape index (κ3) is 3.79. The van der Waals surface area contributed by atoms with Gasteiger partial charge in [-0.3, -0.25) is 4.98 Å². The Kier molecular flexibility index (Phi) is 4.51. The summed E-state index contributed by atoms with van der Waals surface area (Å²) in [6, 6.07) is 6.45. The molecule has 0 amide bonds. The molecular weight excluding hydrogens is 210 g/mol. The highest BCUT2D eigenvalue weighted by Gasteiger charge is 2.17. The topological polar surface area (TPSA) is 28.2 Å². The van der Waals surface area contributed by atoms with Crippen molar-refractivity contribution in [2.45, 2.75) is 25.8 Å². The predicted octanol–water partition coefficient (Wildman–Crippen LogP) is 2.07. The van der Waals surface area contributed by atoms with Gasteiger partial charge >= 0.3 is 0 Å². The maximum atomic E-state index is 4.38. The zero-order valence-electron chi connectivity index (χ0n) is 10.9. The number of likely N-dealkylation sites (tertiary alicyclic amines) is 1. The van der Waals surface area contributed by atoms with Crippen molar-refractivity contribution in [2.75, 3.05) is 26.7 Å². The lowest BCUT2D eigenvalue weighted by molar-refractivity contribution is 0.203. The highest BCUT2D eigenvalue weighted by molar-refractivity contribution is 5.07. The number of pyridine rings is 1. The standard InChI is InChI=1S/C14H23N3/c1-12(14-7-3-4-8-15-14)16-10-13-6-5-9-17(2)11-13/h3-4,7-8,12-13,16H,5-6,9-11H2,1-2H3/t12-,13?/m1/s1. The van der Waals surface area contributed by atoms with Gasteiger partial charge in [0, 0.05) is 18.8 Å². The van der Waals surface area contributed by atoms with Crippen molar-refractivity contribution in [1.82, 2.24) is 15.2 Å². The third-order valence-corrected chi connectivity index (χ3v) is 3.57. The van der Waals surface area contributed by atoms with Crippen LogP contribution < -0.4 is 5.32 Å². The van der Waals surface area contributed by atoms with Crippen LogP contribution in [0.1, 0.15) is 31.5 Å². The molecule has 3 nitrogen and oxygen atoms in total. The smallest absolute Gasteiger partial charge is 0.0570 e. The minimum Gasteiger partial charge on any atom is -0.309 e. The second-order valence-electron chi connectivity index (χ2n) is 5.16. The van der Waals surface area contributed by atoms with Crippen LogP contribution in [0.4, 0.5) is 0 Å². The predicted molar refractivity (Wildman–Crippen MR) is 70.9 cm³/mol. The van der Waals surface area contributed by atoms with Crippen molar-refractivity contribution in [3.63, 3.8) is 0 Å². The van der Waals surface area contributed by atoms with Crippen LogP contribution >= 0.6 is 0 Å². The van der Waals surface area contributed by atoms with Gasteiger partial charge in [0.15, 0.2) is 0 Å². The normalized spacial score (nSPS) is 23.5. The lowest BCUT2D eigenvalue weighted by Crippen LogP contribution is -2.38. The first-order chi connectivity index (χ1) is 8.25. The minimum absolute atomic E-state index is 0.350. The molecule has 3 heteroatoms. The Morgan fingerprint density at radius 3 is 3.12 bits per heavy atom. The summed E-state index contributed by atoms with van der Waals surface area (Å²) in [4.78, 5) is 6.82. The SMILES string of the molecule is C[C@@H](NCC1CCCN(C)C1)c1ccccn1. The monoisotopic (exact) mass is 233 g/mol. The molecule has 17 heavy (non-hydrogen) atoms. The largest absolute Gasteiger partial charge is 0.309 e. The lowest BCUT2D eigenvalue weighted by atomic mass is 9.98. The molecular formula is C14H23N3. The molecule has 1 aromatic rings. The highest BCUT2D eigenvalue weighted by atomic mass is 15.1. The van der Waals surface area contributed by atoms with Crippen molar-refractivity contribution in [3.05, 3.63) is 30.1 Å². The molecule has 0 aliphatic carbocycles. The van der Waals surface area contributed by atoms with Crippen LogP contribution in [0.5, 0.6) is 0 Å². The Labute approximate surface area is 104 Å². The summed E-state index contributed by atoms with van der Waals surface area (Å²) in [5, 5.41) is 3.60. The van der Waals surface area contributed by atoms with Crippen LogP contribution in [-0.2, 0) is 0 Å². The first-order valence-corrected chi connectivity index (χ1v) is 6.58. The zero-order valence-corrected chi connectivity index (χ0v) is 10.9. The average Bonchev–Trinajstić information content (AvgIpc) is 2.37. The Morgan fingerprint density at radius 2 is 2.41 bits per heavy atom. The van der Waals surface area contributed by atoms with Gasteiger partial charge in [-0.2, -0.15) is 0 Å². The van der Waals surface area contributed by atoms with Crippen LogP contribution in [0.25, 0.3) is 0 Å². The van der Waals surface area contributed by atoms with E-state index in [9.17, 15) is 0 Å². The maximum absolute atomic E-state index is 4.38. The fraction of sp³-hybridized carbons (Fsp3) is 0.643. The summed E-state index contributed by atoms with van der Waals surface area (Å²) < 4.78 is 0. The van der Waals surface area contributed by atoms with E-state index in [1.54, 1.807) is 0 Å². The van der Waals surface area contributed by atoms with E-state index >= 15 is 0 Å². The van der Waals surface area contributed by atoms with Crippen molar-refractivity contribution in [1.29, 1.82) is 0 Å². The summed E-state index contributed by atoms with van der Waals surface area (Å²) >= 11 is 0. The lowest BCUT2D eigenvalue weighted by Gasteiger charge is -2.30. The molecule has 0 bridgehead atoms. The highest BCUT2D eigenvalue weighted by Crippen LogP contribution is 2.16. The molecule has 1 aliphatic heterocycles. The van der Waals surface area contributed by atoms with Crippen molar-refractivity contribution >= 4 is 0 Å². The molecule has 1 N–H and O–H groups in total. The number of rotatable bonds is 4. The van der Waals surface area contributed by atoms with E-state index in [2.05, 4.69) is 41.3 Å². The van der Waals surface area contributed by atoms with E-state index < -0.39 is 0 Å². The molecule has 1 fully saturated rings. The summed E-state index contributed by atoms with van der Waals surface area (Å²) in [6.07, 6.45) is 4.55. The number of hydrogen-bond acceptors (Lipinski definition) is 3. The van der Waals surface area contributed by atoms with Gasteiger partial charge in [0.1, 0.15) is 0 Å². The van der Waals surface area contributed by atoms with Gasteiger partial charge in [-0.05, 0) is 58.0 Å². The fourth-order valence-corrected chi connectivity index (χ4v) is 2.52. The summed E-state index contributed by atoms with van der Waals surface area (Å²) in [5.41, 5.74) is 1.14. The van der Waals surface area contributed by atoms with E-state index in [1.807, 2.05) is 12.3 Å². The molecule has 1 saturated heterocycles. The molecule has 2 atom stereocenters. The van der Waals surface area contributed by atoms with E-state index in [0.717, 1.165) is 18.2 Å². The Balaban J connectivity index is 1.78. The molecule has 1 unspecified atom stereocenters. The van der Waals surface area contributed by atoms with E-state index in [4.69, 9.17) is 0 Å². The van der Waals surface area contributed by atoms with Crippen LogP contribution in [0.15, 0.2) is 24.4 Å². The molecule has 1 aromatic heterocycles. The van der Waals surface area contributed by atoms with Crippen LogP contribution in [-0.4, -0.2) is 36.6 Å². The quantitative estimate of drug-likeness (QED) is 0.863. The Bertz CT molecular complexity index is 325. The van der Waals surface area contributed by atoms with E-state index in [0.29, 0.717) is 6.04 Å². The molecule has 2 heterocycles. The second-order valence-corrected chi connectivity index (χ2v) is 5.16. The zero-order chi connectivity index (χ0) is 12.1. The third-order valence-electron chi connectivity index (χ3n) is 3.57. The molecule has 0 saturated carbocycles. The van der Waals surface area contributed by atoms with Gasteiger partial charge in [-0.1, -0.05) is 6.07 Å². The van der Waals surface area contributed by atoms with Gasteiger partial charge < -0.3 is 10.2 Å². The number of piperidine rings is 1. The minimum atomic E-state index is 0.350. The average molecular weight is 233 g/mol. The van der Waals surface area contributed by atoms with E-state index in [1.165, 1.54) is 25.9 Å². The van der Waals surface area contributed by atoms with Gasteiger partial charge in [0.2, 0.25) is 0 Å². The van der Waals surface area contributed by atoms with Crippen molar-refractivity contribution in [3.8, 4) is 0 Å². The molecule has 94 valence electrons. The first-order valence-electron chi connectivity index (χ1n) is 6.58. The van der Waals surface area contributed by atoms with Crippen LogP contribution in [0.3, 0.4) is 0 Å². The van der Waals surface area contributed by atoms with Gasteiger partial charge in [-0.25, -0.2) is 0 Å². The Morgan fingerprint density at radius 1 is 1.53 bits per heavy atom. The first kappa shape index (κ1) is 12.5. The molecule has 0 spiro atoms. The second kappa shape index (κ2) is 6.12. The number of nitrogens with zero attached hydrogens (tertiary/aromatic N) is 2. The van der Waals surface area contributed by atoms with Gasteiger partial charge in [-0.15, -0.1) is 0 Å². The molecule has 0 aromatic carbocycles. The Hall–Kier alpha value is -0.930. The van der Waals surface area contributed by atoms with Crippen LogP contribution in [0, 0.1) is 5.92 Å². The van der Waals surface area contributed by atoms with Crippen molar-refractivity contribution in [2.24, 2.45) is 5.92 Å². The summed E-state index contributed by atoms with van der Waals surface area (Å²) in [5.74, 6) is 0.792. The number of hydrogen-bond donors (Lipinski definition) is 1. The van der Waals surface area contributed by atoms with Gasteiger partial charge in [0.05, 0.1) is 5.69 Å². The molecule has 2 rings (SSSR count). The maximum Gasteiger partial charge on any atom is 0.0570 e. The van der Waals surface area contributed by atoms with Crippen LogP contribution in [0.2, 0.25) is 0 Å². The fourth-order valence-electron chi connectivity index (χ4n) is 2.52. The van der Waals surface area contributed by atoms with E-state index in [-0.39, 0.29) is 0 Å². The molecule has 0 radical (unpaired) electrons. The number of aromatic nitrogens is 1. The van der Waals surface area contributed by atoms with Gasteiger partial charge in [0.25, 0.3) is 0 Å². The molecule has 1 aliphatic rings. The summed E-state index contributed by atoms with van der Waals surface area (Å²) in [6.45, 7) is 5.77. The summed E-state index contributed by atoms with van der Waals surface area (Å²) in [7, 11) is 2.22.